The third-order valence-electron chi connectivity index (χ3n) is 2.25. The molecule has 9 heteroatoms. The number of carboxylic acids is 1. The number of thiazole rings is 1. The number of hydrogen-bond donors (Lipinski definition) is 2. The summed E-state index contributed by atoms with van der Waals surface area (Å²) in [5.74, 6) is -1.73. The van der Waals surface area contributed by atoms with Crippen LogP contribution in [0.5, 0.6) is 0 Å². The molecule has 0 saturated carbocycles. The van der Waals surface area contributed by atoms with Gasteiger partial charge in [-0.05, 0) is 0 Å². The number of ether oxygens (including phenoxy) is 1. The monoisotopic (exact) mass is 301 g/mol. The Morgan fingerprint density at radius 1 is 1.50 bits per heavy atom. The average molecular weight is 301 g/mol. The Morgan fingerprint density at radius 2 is 2.20 bits per heavy atom. The van der Waals surface area contributed by atoms with Crippen molar-refractivity contribution >= 4 is 34.3 Å². The molecule has 110 valence electrons. The lowest BCUT2D eigenvalue weighted by Gasteiger charge is -2.14. The molecule has 2 amide bonds. The minimum absolute atomic E-state index is 0.0943. The Hall–Kier alpha value is -2.00. The van der Waals surface area contributed by atoms with E-state index in [9.17, 15) is 14.4 Å². The lowest BCUT2D eigenvalue weighted by atomic mass is 10.3. The standard InChI is InChI=1S/C11H15N3O5S/c1-14(4-3-9(16)17)10(18)7-6-20-11(12-7)13-8(15)5-19-2/h6H,3-5H2,1-2H3,(H,16,17)(H,12,13,15). The fourth-order valence-electron chi connectivity index (χ4n) is 1.28. The third-order valence-corrected chi connectivity index (χ3v) is 3.01. The predicted octanol–water partition coefficient (Wildman–Crippen LogP) is 0.275. The van der Waals surface area contributed by atoms with Gasteiger partial charge in [0.25, 0.3) is 11.8 Å². The first-order valence-electron chi connectivity index (χ1n) is 5.65. The minimum atomic E-state index is -0.976. The number of nitrogens with zero attached hydrogens (tertiary/aromatic N) is 2. The highest BCUT2D eigenvalue weighted by atomic mass is 32.1. The predicted molar refractivity (Wildman–Crippen MR) is 71.8 cm³/mol. The molecule has 1 heterocycles. The highest BCUT2D eigenvalue weighted by molar-refractivity contribution is 7.14. The van der Waals surface area contributed by atoms with Crippen LogP contribution in [0.1, 0.15) is 16.9 Å². The normalized spacial score (nSPS) is 10.1. The van der Waals surface area contributed by atoms with E-state index in [2.05, 4.69) is 15.0 Å². The second kappa shape index (κ2) is 7.56. The van der Waals surface area contributed by atoms with E-state index in [0.29, 0.717) is 5.13 Å². The number of carbonyl (C=O) groups is 3. The Morgan fingerprint density at radius 3 is 2.80 bits per heavy atom. The lowest BCUT2D eigenvalue weighted by Crippen LogP contribution is -2.29. The number of aliphatic carboxylic acids is 1. The first-order valence-corrected chi connectivity index (χ1v) is 6.53. The zero-order valence-corrected chi connectivity index (χ0v) is 11.9. The van der Waals surface area contributed by atoms with Crippen molar-refractivity contribution in [1.29, 1.82) is 0 Å². The maximum Gasteiger partial charge on any atom is 0.305 e. The molecule has 0 atom stereocenters. The summed E-state index contributed by atoms with van der Waals surface area (Å²) >= 11 is 1.11. The van der Waals surface area contributed by atoms with Gasteiger partial charge in [-0.3, -0.25) is 19.7 Å². The molecule has 0 aromatic carbocycles. The summed E-state index contributed by atoms with van der Waals surface area (Å²) in [6.45, 7) is -0.00155. The van der Waals surface area contributed by atoms with Gasteiger partial charge in [0, 0.05) is 26.1 Å². The summed E-state index contributed by atoms with van der Waals surface area (Å²) in [6, 6.07) is 0. The van der Waals surface area contributed by atoms with E-state index in [0.717, 1.165) is 11.3 Å². The Balaban J connectivity index is 2.59. The van der Waals surface area contributed by atoms with E-state index in [1.54, 1.807) is 0 Å². The van der Waals surface area contributed by atoms with Gasteiger partial charge in [-0.1, -0.05) is 0 Å². The molecule has 0 aliphatic rings. The highest BCUT2D eigenvalue weighted by Gasteiger charge is 2.16. The number of hydrogen-bond acceptors (Lipinski definition) is 6. The molecular formula is C11H15N3O5S. The molecule has 0 bridgehead atoms. The van der Waals surface area contributed by atoms with Crippen LogP contribution in [0.4, 0.5) is 5.13 Å². The van der Waals surface area contributed by atoms with Gasteiger partial charge in [-0.25, -0.2) is 4.98 Å². The molecule has 0 unspecified atom stereocenters. The summed E-state index contributed by atoms with van der Waals surface area (Å²) in [4.78, 5) is 38.9. The number of amides is 2. The Kier molecular flexibility index (Phi) is 6.07. The fourth-order valence-corrected chi connectivity index (χ4v) is 1.98. The van der Waals surface area contributed by atoms with Gasteiger partial charge in [0.1, 0.15) is 12.3 Å². The van der Waals surface area contributed by atoms with Crippen LogP contribution in [0.3, 0.4) is 0 Å². The number of rotatable bonds is 7. The summed E-state index contributed by atoms with van der Waals surface area (Å²) in [5.41, 5.74) is 0.163. The van der Waals surface area contributed by atoms with E-state index in [-0.39, 0.29) is 31.2 Å². The SMILES string of the molecule is COCC(=O)Nc1nc(C(=O)N(C)CCC(=O)O)cs1. The molecule has 2 N–H and O–H groups in total. The molecule has 20 heavy (non-hydrogen) atoms. The number of anilines is 1. The molecule has 1 aromatic heterocycles. The molecule has 1 rings (SSSR count). The largest absolute Gasteiger partial charge is 0.481 e. The van der Waals surface area contributed by atoms with Crippen LogP contribution in [-0.2, 0) is 14.3 Å². The molecule has 0 fully saturated rings. The van der Waals surface area contributed by atoms with E-state index in [1.165, 1.54) is 24.4 Å². The van der Waals surface area contributed by atoms with E-state index in [1.807, 2.05) is 0 Å². The van der Waals surface area contributed by atoms with Crippen molar-refractivity contribution in [3.05, 3.63) is 11.1 Å². The second-order valence-corrected chi connectivity index (χ2v) is 4.75. The van der Waals surface area contributed by atoms with E-state index in [4.69, 9.17) is 5.11 Å². The number of aromatic nitrogens is 1. The zero-order valence-electron chi connectivity index (χ0n) is 11.1. The van der Waals surface area contributed by atoms with E-state index < -0.39 is 11.9 Å². The van der Waals surface area contributed by atoms with E-state index >= 15 is 0 Å². The third kappa shape index (κ3) is 4.94. The average Bonchev–Trinajstić information content (AvgIpc) is 2.83. The van der Waals surface area contributed by atoms with Gasteiger partial charge in [0.2, 0.25) is 0 Å². The van der Waals surface area contributed by atoms with Crippen molar-refractivity contribution in [3.63, 3.8) is 0 Å². The van der Waals surface area contributed by atoms with Crippen molar-refractivity contribution in [3.8, 4) is 0 Å². The number of carbonyl (C=O) groups excluding carboxylic acids is 2. The summed E-state index contributed by atoms with van der Waals surface area (Å²) in [6.07, 6.45) is -0.135. The molecule has 0 radical (unpaired) electrons. The fraction of sp³-hybridized carbons (Fsp3) is 0.455. The van der Waals surface area contributed by atoms with Gasteiger partial charge in [-0.2, -0.15) is 0 Å². The molecular weight excluding hydrogens is 286 g/mol. The van der Waals surface area contributed by atoms with Crippen molar-refractivity contribution in [2.24, 2.45) is 0 Å². The van der Waals surface area contributed by atoms with Crippen LogP contribution in [0, 0.1) is 0 Å². The molecule has 0 aliphatic carbocycles. The van der Waals surface area contributed by atoms with Crippen LogP contribution in [0.25, 0.3) is 0 Å². The lowest BCUT2D eigenvalue weighted by molar-refractivity contribution is -0.137. The molecule has 0 aliphatic heterocycles. The zero-order chi connectivity index (χ0) is 15.1. The van der Waals surface area contributed by atoms with Crippen molar-refractivity contribution < 1.29 is 24.2 Å². The smallest absolute Gasteiger partial charge is 0.305 e. The van der Waals surface area contributed by atoms with Crippen molar-refractivity contribution in [2.75, 3.05) is 32.6 Å². The molecule has 0 saturated heterocycles. The first-order chi connectivity index (χ1) is 9.43. The summed E-state index contributed by atoms with van der Waals surface area (Å²) in [5, 5.41) is 12.8. The van der Waals surface area contributed by atoms with Gasteiger partial charge >= 0.3 is 5.97 Å². The van der Waals surface area contributed by atoms with Crippen LogP contribution in [0.15, 0.2) is 5.38 Å². The number of methoxy groups -OCH3 is 1. The van der Waals surface area contributed by atoms with Crippen LogP contribution in [0.2, 0.25) is 0 Å². The van der Waals surface area contributed by atoms with Crippen molar-refractivity contribution in [1.82, 2.24) is 9.88 Å². The second-order valence-electron chi connectivity index (χ2n) is 3.89. The first kappa shape index (κ1) is 16.1. The minimum Gasteiger partial charge on any atom is -0.481 e. The van der Waals surface area contributed by atoms with Gasteiger partial charge < -0.3 is 14.7 Å². The van der Waals surface area contributed by atoms with Gasteiger partial charge in [0.05, 0.1) is 6.42 Å². The molecule has 1 aromatic rings. The maximum absolute atomic E-state index is 11.9. The maximum atomic E-state index is 11.9. The van der Waals surface area contributed by atoms with Gasteiger partial charge in [0.15, 0.2) is 5.13 Å². The topological polar surface area (TPSA) is 109 Å². The quantitative estimate of drug-likeness (QED) is 0.748. The molecule has 0 spiro atoms. The number of nitrogens with one attached hydrogen (secondary N) is 1. The highest BCUT2D eigenvalue weighted by Crippen LogP contribution is 2.16. The van der Waals surface area contributed by atoms with Crippen LogP contribution < -0.4 is 5.32 Å². The Labute approximate surface area is 119 Å². The van der Waals surface area contributed by atoms with Crippen LogP contribution in [-0.4, -0.2) is 60.1 Å². The molecule has 8 nitrogen and oxygen atoms in total. The van der Waals surface area contributed by atoms with Crippen molar-refractivity contribution in [2.45, 2.75) is 6.42 Å². The van der Waals surface area contributed by atoms with Gasteiger partial charge in [-0.15, -0.1) is 11.3 Å². The summed E-state index contributed by atoms with van der Waals surface area (Å²) < 4.78 is 4.66. The number of carboxylic acid groups (broad SMARTS) is 1. The Bertz CT molecular complexity index is 502. The van der Waals surface area contributed by atoms with Crippen LogP contribution >= 0.6 is 11.3 Å². The summed E-state index contributed by atoms with van der Waals surface area (Å²) in [7, 11) is 2.89.